The van der Waals surface area contributed by atoms with Crippen molar-refractivity contribution in [2.24, 2.45) is 0 Å². The van der Waals surface area contributed by atoms with Crippen LogP contribution in [-0.2, 0) is 20.0 Å². The Kier molecular flexibility index (Phi) is 7.77. The van der Waals surface area contributed by atoms with E-state index < -0.39 is 5.60 Å². The van der Waals surface area contributed by atoms with Crippen LogP contribution in [0.5, 0.6) is 0 Å². The van der Waals surface area contributed by atoms with Crippen molar-refractivity contribution >= 4 is 5.91 Å². The summed E-state index contributed by atoms with van der Waals surface area (Å²) < 4.78 is 6.70. The largest absolute Gasteiger partial charge is 0.361 e. The van der Waals surface area contributed by atoms with E-state index in [1.54, 1.807) is 7.05 Å². The molecule has 0 aliphatic heterocycles. The van der Waals surface area contributed by atoms with Gasteiger partial charge in [-0.1, -0.05) is 91.0 Å². The van der Waals surface area contributed by atoms with E-state index in [0.29, 0.717) is 13.0 Å². The van der Waals surface area contributed by atoms with Gasteiger partial charge in [0.05, 0.1) is 7.11 Å². The smallest absolute Gasteiger partial charge is 0.245 e. The van der Waals surface area contributed by atoms with Crippen LogP contribution in [0, 0.1) is 0 Å². The summed E-state index contributed by atoms with van der Waals surface area (Å²) in [6.45, 7) is 0.530. The fraction of sp³-hybridized carbons (Fsp3) is 0.269. The molecule has 0 aliphatic rings. The highest BCUT2D eigenvalue weighted by Gasteiger charge is 2.37. The molecule has 4 heteroatoms. The number of benzene rings is 3. The predicted molar refractivity (Wildman–Crippen MR) is 119 cm³/mol. The third-order valence-corrected chi connectivity index (χ3v) is 5.27. The fourth-order valence-corrected chi connectivity index (χ4v) is 3.63. The molecule has 0 saturated carbocycles. The molecule has 0 aliphatic carbocycles. The average molecular weight is 404 g/mol. The van der Waals surface area contributed by atoms with Crippen LogP contribution < -0.4 is 0 Å². The molecule has 1 amide bonds. The van der Waals surface area contributed by atoms with E-state index in [9.17, 15) is 4.79 Å². The van der Waals surface area contributed by atoms with E-state index in [-0.39, 0.29) is 5.91 Å². The first kappa shape index (κ1) is 21.8. The van der Waals surface area contributed by atoms with Gasteiger partial charge in [0, 0.05) is 20.1 Å². The Morgan fingerprint density at radius 3 is 1.60 bits per heavy atom. The molecule has 30 heavy (non-hydrogen) atoms. The van der Waals surface area contributed by atoms with Gasteiger partial charge in [-0.3, -0.25) is 9.63 Å². The third kappa shape index (κ3) is 4.96. The summed E-state index contributed by atoms with van der Waals surface area (Å²) in [4.78, 5) is 16.9. The van der Waals surface area contributed by atoms with Gasteiger partial charge < -0.3 is 4.74 Å². The monoisotopic (exact) mass is 403 g/mol. The molecular weight excluding hydrogens is 374 g/mol. The number of nitrogens with zero attached hydrogens (tertiary/aromatic N) is 1. The number of hydrogen-bond acceptors (Lipinski definition) is 3. The van der Waals surface area contributed by atoms with E-state index in [1.807, 2.05) is 54.6 Å². The lowest BCUT2D eigenvalue weighted by Gasteiger charge is -2.36. The highest BCUT2D eigenvalue weighted by Crippen LogP contribution is 2.40. The van der Waals surface area contributed by atoms with Gasteiger partial charge in [0.1, 0.15) is 5.60 Å². The Bertz CT molecular complexity index is 801. The number of amides is 1. The lowest BCUT2D eigenvalue weighted by atomic mass is 9.80. The SMILES string of the molecule is CON(C)C(=O)CCCCOC(c1ccccc1)(c1ccccc1)c1ccccc1. The zero-order valence-electron chi connectivity index (χ0n) is 17.7. The summed E-state index contributed by atoms with van der Waals surface area (Å²) in [7, 11) is 3.12. The normalized spacial score (nSPS) is 11.3. The molecule has 0 N–H and O–H groups in total. The molecule has 0 atom stereocenters. The number of hydrogen-bond donors (Lipinski definition) is 0. The molecule has 0 aromatic heterocycles. The van der Waals surface area contributed by atoms with E-state index in [0.717, 1.165) is 29.5 Å². The molecule has 0 fully saturated rings. The number of unbranched alkanes of at least 4 members (excludes halogenated alkanes) is 1. The van der Waals surface area contributed by atoms with E-state index in [2.05, 4.69) is 36.4 Å². The predicted octanol–water partition coefficient (Wildman–Crippen LogP) is 5.19. The fourth-order valence-electron chi connectivity index (χ4n) is 3.63. The summed E-state index contributed by atoms with van der Waals surface area (Å²) in [5.41, 5.74) is 2.53. The van der Waals surface area contributed by atoms with E-state index in [1.165, 1.54) is 12.2 Å². The van der Waals surface area contributed by atoms with Crippen molar-refractivity contribution in [3.8, 4) is 0 Å². The van der Waals surface area contributed by atoms with Crippen LogP contribution in [0.2, 0.25) is 0 Å². The molecule has 0 heterocycles. The maximum absolute atomic E-state index is 12.0. The zero-order chi connectivity index (χ0) is 21.2. The van der Waals surface area contributed by atoms with Gasteiger partial charge in [-0.15, -0.1) is 0 Å². The number of ether oxygens (including phenoxy) is 1. The van der Waals surface area contributed by atoms with Crippen molar-refractivity contribution in [3.05, 3.63) is 108 Å². The summed E-state index contributed by atoms with van der Waals surface area (Å²) in [6.07, 6.45) is 1.95. The van der Waals surface area contributed by atoms with Gasteiger partial charge in [0.15, 0.2) is 0 Å². The average Bonchev–Trinajstić information content (AvgIpc) is 2.82. The number of carbonyl (C=O) groups excluding carboxylic acids is 1. The van der Waals surface area contributed by atoms with Crippen LogP contribution in [0.1, 0.15) is 36.0 Å². The van der Waals surface area contributed by atoms with Crippen molar-refractivity contribution in [1.29, 1.82) is 0 Å². The van der Waals surface area contributed by atoms with Crippen molar-refractivity contribution < 1.29 is 14.4 Å². The zero-order valence-corrected chi connectivity index (χ0v) is 17.7. The van der Waals surface area contributed by atoms with Crippen molar-refractivity contribution in [2.75, 3.05) is 20.8 Å². The van der Waals surface area contributed by atoms with Crippen molar-refractivity contribution in [3.63, 3.8) is 0 Å². The molecule has 3 rings (SSSR count). The van der Waals surface area contributed by atoms with Gasteiger partial charge >= 0.3 is 0 Å². The lowest BCUT2D eigenvalue weighted by molar-refractivity contribution is -0.168. The minimum Gasteiger partial charge on any atom is -0.361 e. The molecule has 0 saturated heterocycles. The van der Waals surface area contributed by atoms with Crippen LogP contribution in [-0.4, -0.2) is 31.7 Å². The van der Waals surface area contributed by atoms with E-state index >= 15 is 0 Å². The van der Waals surface area contributed by atoms with E-state index in [4.69, 9.17) is 9.57 Å². The van der Waals surface area contributed by atoms with Gasteiger partial charge in [-0.05, 0) is 29.5 Å². The molecule has 0 radical (unpaired) electrons. The van der Waals surface area contributed by atoms with Gasteiger partial charge in [0.25, 0.3) is 0 Å². The van der Waals surface area contributed by atoms with Crippen molar-refractivity contribution in [1.82, 2.24) is 5.06 Å². The molecule has 3 aromatic carbocycles. The molecule has 4 nitrogen and oxygen atoms in total. The topological polar surface area (TPSA) is 38.8 Å². The van der Waals surface area contributed by atoms with Crippen molar-refractivity contribution in [2.45, 2.75) is 24.9 Å². The van der Waals surface area contributed by atoms with Crippen LogP contribution in [0.3, 0.4) is 0 Å². The molecular formula is C26H29NO3. The van der Waals surface area contributed by atoms with Crippen LogP contribution in [0.15, 0.2) is 91.0 Å². The summed E-state index contributed by atoms with van der Waals surface area (Å²) in [6, 6.07) is 30.9. The Morgan fingerprint density at radius 2 is 1.20 bits per heavy atom. The standard InChI is InChI=1S/C26H29NO3/c1-27(29-2)25(28)20-12-13-21-30-26(22-14-6-3-7-15-22,23-16-8-4-9-17-23)24-18-10-5-11-19-24/h3-11,14-19H,12-13,20-21H2,1-2H3. The first-order valence-electron chi connectivity index (χ1n) is 10.3. The second-order valence-corrected chi connectivity index (χ2v) is 7.16. The van der Waals surface area contributed by atoms with Gasteiger partial charge in [-0.2, -0.15) is 0 Å². The van der Waals surface area contributed by atoms with Crippen LogP contribution in [0.25, 0.3) is 0 Å². The highest BCUT2D eigenvalue weighted by atomic mass is 16.7. The highest BCUT2D eigenvalue weighted by molar-refractivity contribution is 5.74. The van der Waals surface area contributed by atoms with Gasteiger partial charge in [0.2, 0.25) is 5.91 Å². The number of hydroxylamine groups is 2. The number of carbonyl (C=O) groups is 1. The Morgan fingerprint density at radius 1 is 0.767 bits per heavy atom. The summed E-state index contributed by atoms with van der Waals surface area (Å²) in [5, 5.41) is 1.27. The molecule has 0 bridgehead atoms. The second kappa shape index (κ2) is 10.7. The minimum absolute atomic E-state index is 0.0297. The molecule has 156 valence electrons. The lowest BCUT2D eigenvalue weighted by Crippen LogP contribution is -2.33. The number of rotatable bonds is 10. The Labute approximate surface area is 179 Å². The van der Waals surface area contributed by atoms with Gasteiger partial charge in [-0.25, -0.2) is 5.06 Å². The maximum atomic E-state index is 12.0. The Balaban J connectivity index is 1.87. The maximum Gasteiger partial charge on any atom is 0.245 e. The molecule has 0 spiro atoms. The second-order valence-electron chi connectivity index (χ2n) is 7.16. The first-order chi connectivity index (χ1) is 14.7. The summed E-state index contributed by atoms with van der Waals surface area (Å²) >= 11 is 0. The summed E-state index contributed by atoms with van der Waals surface area (Å²) in [5.74, 6) is -0.0297. The van der Waals surface area contributed by atoms with Crippen LogP contribution >= 0.6 is 0 Å². The molecule has 3 aromatic rings. The quantitative estimate of drug-likeness (QED) is 0.266. The molecule has 0 unspecified atom stereocenters. The van der Waals surface area contributed by atoms with Crippen LogP contribution in [0.4, 0.5) is 0 Å². The Hall–Kier alpha value is -2.95. The minimum atomic E-state index is -0.711. The third-order valence-electron chi connectivity index (χ3n) is 5.27. The first-order valence-corrected chi connectivity index (χ1v) is 10.3.